The molecule has 2 rings (SSSR count). The van der Waals surface area contributed by atoms with E-state index >= 15 is 0 Å². The monoisotopic (exact) mass is 208 g/mol. The molecule has 0 fully saturated rings. The fourth-order valence-corrected chi connectivity index (χ4v) is 1.50. The summed E-state index contributed by atoms with van der Waals surface area (Å²) in [6.07, 6.45) is 0.171. The summed E-state index contributed by atoms with van der Waals surface area (Å²) in [5.41, 5.74) is 1.07. The second-order valence-electron chi connectivity index (χ2n) is 3.67. The van der Waals surface area contributed by atoms with E-state index in [4.69, 9.17) is 9.84 Å². The molecule has 0 aliphatic carbocycles. The van der Waals surface area contributed by atoms with Crippen LogP contribution in [-0.4, -0.2) is 22.3 Å². The lowest BCUT2D eigenvalue weighted by Crippen LogP contribution is -2.13. The summed E-state index contributed by atoms with van der Waals surface area (Å²) in [7, 11) is 0. The fraction of sp³-hybridized carbons (Fsp3) is 0.364. The van der Waals surface area contributed by atoms with Crippen LogP contribution in [0.25, 0.3) is 0 Å². The molecule has 1 aromatic carbocycles. The highest BCUT2D eigenvalue weighted by atomic mass is 16.6. The van der Waals surface area contributed by atoms with Crippen molar-refractivity contribution < 1.29 is 19.7 Å². The van der Waals surface area contributed by atoms with E-state index < -0.39 is 12.1 Å². The standard InChI is InChI=1S/C11H12O4/c12-8(6-11(13)14)3-1-7-2-4-9-10(5-7)15-9/h2,4-5,8,12H,1,3,6H2,(H,13,14). The minimum Gasteiger partial charge on any atom is -0.481 e. The van der Waals surface area contributed by atoms with Crippen molar-refractivity contribution in [2.45, 2.75) is 25.4 Å². The van der Waals surface area contributed by atoms with Gasteiger partial charge >= 0.3 is 5.97 Å². The van der Waals surface area contributed by atoms with Gasteiger partial charge in [-0.15, -0.1) is 0 Å². The molecule has 0 radical (unpaired) electrons. The number of fused-ring (bicyclic) bond motifs is 1. The van der Waals surface area contributed by atoms with Gasteiger partial charge in [0.25, 0.3) is 0 Å². The van der Waals surface area contributed by atoms with Gasteiger partial charge in [-0.05, 0) is 30.5 Å². The number of aliphatic hydroxyl groups excluding tert-OH is 1. The number of hydrogen-bond acceptors (Lipinski definition) is 3. The van der Waals surface area contributed by atoms with Crippen LogP contribution in [-0.2, 0) is 11.2 Å². The van der Waals surface area contributed by atoms with Crippen molar-refractivity contribution in [2.24, 2.45) is 0 Å². The van der Waals surface area contributed by atoms with Crippen LogP contribution >= 0.6 is 0 Å². The Balaban J connectivity index is 1.81. The Kier molecular flexibility index (Phi) is 2.60. The van der Waals surface area contributed by atoms with Gasteiger partial charge in [0.05, 0.1) is 12.5 Å². The van der Waals surface area contributed by atoms with Crippen LogP contribution in [0.5, 0.6) is 11.5 Å². The lowest BCUT2D eigenvalue weighted by atomic mass is 10.1. The number of carbonyl (C=O) groups is 1. The highest BCUT2D eigenvalue weighted by Crippen LogP contribution is 2.45. The average Bonchev–Trinajstić information content (AvgIpc) is 2.91. The van der Waals surface area contributed by atoms with Gasteiger partial charge in [-0.1, -0.05) is 6.07 Å². The number of rotatable bonds is 5. The predicted octanol–water partition coefficient (Wildman–Crippen LogP) is 1.56. The summed E-state index contributed by atoms with van der Waals surface area (Å²) >= 11 is 0. The summed E-state index contributed by atoms with van der Waals surface area (Å²) in [5, 5.41) is 17.8. The molecule has 0 saturated carbocycles. The van der Waals surface area contributed by atoms with Crippen LogP contribution in [0.2, 0.25) is 0 Å². The first-order chi connectivity index (χ1) is 7.15. The molecule has 1 unspecified atom stereocenters. The lowest BCUT2D eigenvalue weighted by molar-refractivity contribution is -0.139. The molecule has 1 aliphatic heterocycles. The van der Waals surface area contributed by atoms with E-state index in [0.717, 1.165) is 17.1 Å². The lowest BCUT2D eigenvalue weighted by Gasteiger charge is -2.06. The van der Waals surface area contributed by atoms with E-state index in [2.05, 4.69) is 0 Å². The molecule has 2 N–H and O–H groups in total. The first-order valence-electron chi connectivity index (χ1n) is 4.86. The SMILES string of the molecule is O=C(O)CC(O)CCc1ccc2c(c1)O2. The van der Waals surface area contributed by atoms with Gasteiger partial charge in [0.15, 0.2) is 11.5 Å². The third-order valence-electron chi connectivity index (χ3n) is 2.36. The molecule has 0 amide bonds. The molecule has 0 bridgehead atoms. The molecule has 4 heteroatoms. The number of aliphatic hydroxyl groups is 1. The Hall–Kier alpha value is -1.55. The van der Waals surface area contributed by atoms with Crippen LogP contribution in [0.1, 0.15) is 18.4 Å². The summed E-state index contributed by atoms with van der Waals surface area (Å²) in [6, 6.07) is 5.73. The smallest absolute Gasteiger partial charge is 0.305 e. The molecular formula is C11H12O4. The third kappa shape index (κ3) is 2.70. The first-order valence-corrected chi connectivity index (χ1v) is 4.86. The quantitative estimate of drug-likeness (QED) is 0.731. The van der Waals surface area contributed by atoms with Crippen molar-refractivity contribution in [3.8, 4) is 11.5 Å². The maximum atomic E-state index is 10.3. The molecule has 0 spiro atoms. The molecule has 1 heterocycles. The van der Waals surface area contributed by atoms with Crippen LogP contribution in [0.3, 0.4) is 0 Å². The summed E-state index contributed by atoms with van der Waals surface area (Å²) in [6.45, 7) is 0. The number of carboxylic acids is 1. The normalized spacial score (nSPS) is 13.9. The minimum absolute atomic E-state index is 0.193. The van der Waals surface area contributed by atoms with Crippen molar-refractivity contribution in [3.05, 3.63) is 23.8 Å². The van der Waals surface area contributed by atoms with Crippen LogP contribution < -0.4 is 4.74 Å². The van der Waals surface area contributed by atoms with Crippen molar-refractivity contribution in [1.29, 1.82) is 0 Å². The van der Waals surface area contributed by atoms with Crippen molar-refractivity contribution >= 4 is 5.97 Å². The van der Waals surface area contributed by atoms with Gasteiger partial charge in [0.2, 0.25) is 0 Å². The Bertz CT molecular complexity index is 386. The molecule has 80 valence electrons. The predicted molar refractivity (Wildman–Crippen MR) is 53.1 cm³/mol. The highest BCUT2D eigenvalue weighted by molar-refractivity contribution is 5.67. The second kappa shape index (κ2) is 3.90. The van der Waals surface area contributed by atoms with Gasteiger partial charge in [-0.25, -0.2) is 0 Å². The molecule has 0 saturated heterocycles. The van der Waals surface area contributed by atoms with E-state index in [1.54, 1.807) is 0 Å². The Morgan fingerprint density at radius 2 is 2.20 bits per heavy atom. The van der Waals surface area contributed by atoms with Crippen LogP contribution in [0.4, 0.5) is 0 Å². The number of carboxylic acid groups (broad SMARTS) is 1. The molecule has 15 heavy (non-hydrogen) atoms. The van der Waals surface area contributed by atoms with Crippen molar-refractivity contribution in [1.82, 2.24) is 0 Å². The minimum atomic E-state index is -0.966. The molecule has 1 atom stereocenters. The van der Waals surface area contributed by atoms with Crippen LogP contribution in [0, 0.1) is 0 Å². The van der Waals surface area contributed by atoms with E-state index in [1.807, 2.05) is 18.2 Å². The van der Waals surface area contributed by atoms with Gasteiger partial charge in [0.1, 0.15) is 0 Å². The van der Waals surface area contributed by atoms with E-state index in [-0.39, 0.29) is 6.42 Å². The third-order valence-corrected chi connectivity index (χ3v) is 2.36. The zero-order valence-electron chi connectivity index (χ0n) is 8.14. The Labute approximate surface area is 87.1 Å². The van der Waals surface area contributed by atoms with Crippen molar-refractivity contribution in [2.75, 3.05) is 0 Å². The maximum absolute atomic E-state index is 10.3. The molecule has 0 aromatic heterocycles. The highest BCUT2D eigenvalue weighted by Gasteiger charge is 2.19. The Morgan fingerprint density at radius 3 is 2.87 bits per heavy atom. The summed E-state index contributed by atoms with van der Waals surface area (Å²) in [4.78, 5) is 10.3. The van der Waals surface area contributed by atoms with Gasteiger partial charge in [0, 0.05) is 0 Å². The van der Waals surface area contributed by atoms with Crippen molar-refractivity contribution in [3.63, 3.8) is 0 Å². The number of aliphatic carboxylic acids is 1. The summed E-state index contributed by atoms with van der Waals surface area (Å²) < 4.78 is 5.09. The van der Waals surface area contributed by atoms with E-state index in [9.17, 15) is 9.90 Å². The molecule has 1 aliphatic rings. The van der Waals surface area contributed by atoms with Crippen LogP contribution in [0.15, 0.2) is 18.2 Å². The largest absolute Gasteiger partial charge is 0.481 e. The topological polar surface area (TPSA) is 70.1 Å². The van der Waals surface area contributed by atoms with E-state index in [1.165, 1.54) is 0 Å². The molecule has 1 aromatic rings. The number of benzene rings is 1. The van der Waals surface area contributed by atoms with Gasteiger partial charge in [-0.3, -0.25) is 4.79 Å². The number of aryl methyl sites for hydroxylation is 1. The van der Waals surface area contributed by atoms with Gasteiger partial charge < -0.3 is 14.9 Å². The molecular weight excluding hydrogens is 196 g/mol. The van der Waals surface area contributed by atoms with E-state index in [0.29, 0.717) is 12.8 Å². The fourth-order valence-electron chi connectivity index (χ4n) is 1.50. The first kappa shape index (κ1) is 9.98. The average molecular weight is 208 g/mol. The summed E-state index contributed by atoms with van der Waals surface area (Å²) in [5.74, 6) is 0.830. The zero-order chi connectivity index (χ0) is 10.8. The number of hydrogen-bond donors (Lipinski definition) is 2. The maximum Gasteiger partial charge on any atom is 0.305 e. The van der Waals surface area contributed by atoms with Gasteiger partial charge in [-0.2, -0.15) is 0 Å². The zero-order valence-corrected chi connectivity index (χ0v) is 8.14. The number of ether oxygens (including phenoxy) is 1. The molecule has 4 nitrogen and oxygen atoms in total. The second-order valence-corrected chi connectivity index (χ2v) is 3.67. The Morgan fingerprint density at radius 1 is 1.40 bits per heavy atom.